The number of hydrogen-bond donors (Lipinski definition) is 3. The number of halogens is 1. The van der Waals surface area contributed by atoms with Crippen molar-refractivity contribution in [2.75, 3.05) is 18.4 Å². The van der Waals surface area contributed by atoms with Crippen molar-refractivity contribution in [3.63, 3.8) is 0 Å². The van der Waals surface area contributed by atoms with Gasteiger partial charge in [-0.3, -0.25) is 4.79 Å². The molecular weight excluding hydrogens is 337 g/mol. The molecule has 0 unspecified atom stereocenters. The molecule has 1 heterocycles. The predicted molar refractivity (Wildman–Crippen MR) is 86.9 cm³/mol. The summed E-state index contributed by atoms with van der Waals surface area (Å²) in [6, 6.07) is 4.59. The lowest BCUT2D eigenvalue weighted by Crippen LogP contribution is -2.30. The van der Waals surface area contributed by atoms with E-state index in [9.17, 15) is 22.7 Å². The van der Waals surface area contributed by atoms with Crippen molar-refractivity contribution in [3.05, 3.63) is 42.0 Å². The van der Waals surface area contributed by atoms with Gasteiger partial charge in [0.1, 0.15) is 17.3 Å². The number of carbonyl (C=O) groups excluding carboxylic acids is 1. The van der Waals surface area contributed by atoms with Crippen LogP contribution in [0.1, 0.15) is 24.3 Å². The van der Waals surface area contributed by atoms with Crippen LogP contribution >= 0.6 is 0 Å². The number of rotatable bonds is 6. The zero-order valence-corrected chi connectivity index (χ0v) is 14.0. The lowest BCUT2D eigenvalue weighted by atomic mass is 10.3. The van der Waals surface area contributed by atoms with Crippen molar-refractivity contribution in [2.24, 2.45) is 0 Å². The fourth-order valence-electron chi connectivity index (χ4n) is 2.18. The number of sulfonamides is 1. The van der Waals surface area contributed by atoms with Crippen molar-refractivity contribution in [2.45, 2.75) is 18.7 Å². The summed E-state index contributed by atoms with van der Waals surface area (Å²) in [5.41, 5.74) is -0.132. The third-order valence-corrected chi connectivity index (χ3v) is 5.50. The molecule has 1 aromatic heterocycles. The van der Waals surface area contributed by atoms with Crippen LogP contribution in [0, 0.1) is 5.82 Å². The topological polar surface area (TPSA) is 102 Å². The van der Waals surface area contributed by atoms with Crippen LogP contribution in [0.3, 0.4) is 0 Å². The number of benzene rings is 1. The molecule has 0 spiro atoms. The summed E-state index contributed by atoms with van der Waals surface area (Å²) in [5.74, 6) is -1.61. The minimum Gasteiger partial charge on any atom is -0.506 e. The van der Waals surface area contributed by atoms with E-state index in [2.05, 4.69) is 10.3 Å². The van der Waals surface area contributed by atoms with E-state index in [0.717, 1.165) is 12.3 Å². The maximum atomic E-state index is 12.9. The first-order chi connectivity index (χ1) is 11.3. The Morgan fingerprint density at radius 1 is 1.29 bits per heavy atom. The lowest BCUT2D eigenvalue weighted by molar-refractivity contribution is 0.102. The Kier molecular flexibility index (Phi) is 5.25. The van der Waals surface area contributed by atoms with Crippen LogP contribution in [-0.2, 0) is 10.0 Å². The Hall–Kier alpha value is -2.39. The number of phenols is 1. The molecule has 0 aliphatic rings. The lowest BCUT2D eigenvalue weighted by Gasteiger charge is -2.19. The van der Waals surface area contributed by atoms with E-state index in [0.29, 0.717) is 13.1 Å². The zero-order chi connectivity index (χ0) is 17.9. The van der Waals surface area contributed by atoms with Gasteiger partial charge in [0, 0.05) is 25.4 Å². The average Bonchev–Trinajstić information content (AvgIpc) is 2.97. The van der Waals surface area contributed by atoms with Gasteiger partial charge in [0.05, 0.1) is 10.6 Å². The number of H-pyrrole nitrogens is 1. The highest BCUT2D eigenvalue weighted by atomic mass is 32.2. The van der Waals surface area contributed by atoms with Gasteiger partial charge < -0.3 is 15.4 Å². The highest BCUT2D eigenvalue weighted by Crippen LogP contribution is 2.28. The molecule has 0 aliphatic heterocycles. The van der Waals surface area contributed by atoms with Crippen LogP contribution in [-0.4, -0.2) is 41.8 Å². The average molecular weight is 355 g/mol. The van der Waals surface area contributed by atoms with Gasteiger partial charge in [-0.05, 0) is 18.2 Å². The third-order valence-electron chi connectivity index (χ3n) is 3.45. The molecule has 0 fully saturated rings. The fraction of sp³-hybridized carbons (Fsp3) is 0.267. The number of anilines is 1. The Bertz CT molecular complexity index is 844. The monoisotopic (exact) mass is 355 g/mol. The van der Waals surface area contributed by atoms with Gasteiger partial charge in [0.25, 0.3) is 5.91 Å². The van der Waals surface area contributed by atoms with Crippen LogP contribution in [0.4, 0.5) is 10.1 Å². The molecule has 0 saturated heterocycles. The van der Waals surface area contributed by atoms with Gasteiger partial charge in [0.2, 0.25) is 10.0 Å². The molecular formula is C15H18FN3O4S. The smallest absolute Gasteiger partial charge is 0.272 e. The number of amides is 1. The zero-order valence-electron chi connectivity index (χ0n) is 13.2. The Morgan fingerprint density at radius 3 is 2.50 bits per heavy atom. The quantitative estimate of drug-likeness (QED) is 0.691. The van der Waals surface area contributed by atoms with E-state index >= 15 is 0 Å². The molecule has 0 atom stereocenters. The van der Waals surface area contributed by atoms with Crippen LogP contribution < -0.4 is 5.32 Å². The maximum absolute atomic E-state index is 12.9. The molecule has 0 radical (unpaired) electrons. The highest BCUT2D eigenvalue weighted by Gasteiger charge is 2.23. The van der Waals surface area contributed by atoms with Gasteiger partial charge in [-0.15, -0.1) is 0 Å². The molecule has 3 N–H and O–H groups in total. The molecule has 1 amide bonds. The van der Waals surface area contributed by atoms with Crippen molar-refractivity contribution >= 4 is 21.6 Å². The Morgan fingerprint density at radius 2 is 1.96 bits per heavy atom. The summed E-state index contributed by atoms with van der Waals surface area (Å²) in [4.78, 5) is 14.4. The Balaban J connectivity index is 2.34. The number of nitrogens with zero attached hydrogens (tertiary/aromatic N) is 1. The van der Waals surface area contributed by atoms with Crippen molar-refractivity contribution < 1.29 is 22.7 Å². The van der Waals surface area contributed by atoms with E-state index in [1.165, 1.54) is 22.5 Å². The van der Waals surface area contributed by atoms with Gasteiger partial charge in [0.15, 0.2) is 0 Å². The normalized spacial score (nSPS) is 11.7. The number of aromatic amines is 1. The number of phenolic OH excluding ortho intramolecular Hbond substituents is 1. The van der Waals surface area contributed by atoms with Crippen LogP contribution in [0.2, 0.25) is 0 Å². The summed E-state index contributed by atoms with van der Waals surface area (Å²) in [5, 5.41) is 12.2. The SMILES string of the molecule is CCN(CC)S(=O)(=O)c1ccc(O)c(NC(=O)c2cc(F)c[nH]2)c1. The minimum atomic E-state index is -3.73. The Labute approximate surface area is 139 Å². The largest absolute Gasteiger partial charge is 0.506 e. The van der Waals surface area contributed by atoms with E-state index in [1.54, 1.807) is 13.8 Å². The molecule has 0 bridgehead atoms. The van der Waals surface area contributed by atoms with Gasteiger partial charge in [-0.2, -0.15) is 4.31 Å². The second-order valence-corrected chi connectivity index (χ2v) is 6.89. The second kappa shape index (κ2) is 7.02. The van der Waals surface area contributed by atoms with E-state index in [-0.39, 0.29) is 22.0 Å². The van der Waals surface area contributed by atoms with Crippen LogP contribution in [0.25, 0.3) is 0 Å². The number of hydrogen-bond acceptors (Lipinski definition) is 4. The molecule has 1 aromatic carbocycles. The van der Waals surface area contributed by atoms with Crippen molar-refractivity contribution in [1.82, 2.24) is 9.29 Å². The summed E-state index contributed by atoms with van der Waals surface area (Å²) in [6.07, 6.45) is 1.01. The standard InChI is InChI=1S/C15H18FN3O4S/c1-3-19(4-2)24(22,23)11-5-6-14(20)12(8-11)18-15(21)13-7-10(16)9-17-13/h5-9,17,20H,3-4H2,1-2H3,(H,18,21). The summed E-state index contributed by atoms with van der Waals surface area (Å²) < 4.78 is 39.2. The minimum absolute atomic E-state index is 0.0519. The highest BCUT2D eigenvalue weighted by molar-refractivity contribution is 7.89. The molecule has 2 rings (SSSR count). The van der Waals surface area contributed by atoms with Gasteiger partial charge >= 0.3 is 0 Å². The van der Waals surface area contributed by atoms with E-state index < -0.39 is 21.7 Å². The van der Waals surface area contributed by atoms with Crippen molar-refractivity contribution in [1.29, 1.82) is 0 Å². The molecule has 130 valence electrons. The summed E-state index contributed by atoms with van der Waals surface area (Å²) in [6.45, 7) is 4.01. The van der Waals surface area contributed by atoms with E-state index in [4.69, 9.17) is 0 Å². The number of carbonyl (C=O) groups is 1. The molecule has 24 heavy (non-hydrogen) atoms. The summed E-state index contributed by atoms with van der Waals surface area (Å²) in [7, 11) is -3.73. The first kappa shape index (κ1) is 18.0. The number of nitrogens with one attached hydrogen (secondary N) is 2. The van der Waals surface area contributed by atoms with Gasteiger partial charge in [-0.1, -0.05) is 13.8 Å². The fourth-order valence-corrected chi connectivity index (χ4v) is 3.66. The predicted octanol–water partition coefficient (Wildman–Crippen LogP) is 2.14. The van der Waals surface area contributed by atoms with Crippen molar-refractivity contribution in [3.8, 4) is 5.75 Å². The molecule has 9 heteroatoms. The van der Waals surface area contributed by atoms with Crippen LogP contribution in [0.5, 0.6) is 5.75 Å². The summed E-state index contributed by atoms with van der Waals surface area (Å²) >= 11 is 0. The molecule has 2 aromatic rings. The molecule has 7 nitrogen and oxygen atoms in total. The first-order valence-corrected chi connectivity index (χ1v) is 8.72. The van der Waals surface area contributed by atoms with Gasteiger partial charge in [-0.25, -0.2) is 12.8 Å². The molecule has 0 aliphatic carbocycles. The maximum Gasteiger partial charge on any atom is 0.272 e. The van der Waals surface area contributed by atoms with E-state index in [1.807, 2.05) is 0 Å². The number of aromatic hydroxyl groups is 1. The third kappa shape index (κ3) is 3.57. The first-order valence-electron chi connectivity index (χ1n) is 7.28. The number of aromatic nitrogens is 1. The second-order valence-electron chi connectivity index (χ2n) is 4.95. The molecule has 0 saturated carbocycles. The van der Waals surface area contributed by atoms with Crippen LogP contribution in [0.15, 0.2) is 35.4 Å².